The number of aliphatic hydroxyl groups is 1. The zero-order chi connectivity index (χ0) is 14.8. The molecule has 1 saturated carbocycles. The average Bonchev–Trinajstić information content (AvgIpc) is 2.45. The minimum atomic E-state index is -0.226. The third-order valence-electron chi connectivity index (χ3n) is 4.35. The van der Waals surface area contributed by atoms with Crippen LogP contribution in [0.25, 0.3) is 0 Å². The highest BCUT2D eigenvalue weighted by atomic mass is 16.5. The van der Waals surface area contributed by atoms with E-state index in [1.165, 1.54) is 5.56 Å². The van der Waals surface area contributed by atoms with Crippen molar-refractivity contribution in [2.75, 3.05) is 27.4 Å². The summed E-state index contributed by atoms with van der Waals surface area (Å²) in [5.74, 6) is 1.82. The normalized spacial score (nSPS) is 24.1. The van der Waals surface area contributed by atoms with Gasteiger partial charge in [0.1, 0.15) is 6.61 Å². The maximum absolute atomic E-state index is 9.86. The Balaban J connectivity index is 2.13. The monoisotopic (exact) mass is 280 g/mol. The highest BCUT2D eigenvalue weighted by Crippen LogP contribution is 2.53. The Hall–Kier alpha value is -1.26. The van der Waals surface area contributed by atoms with Crippen LogP contribution in [0, 0.1) is 5.41 Å². The molecule has 2 atom stereocenters. The molecular weight excluding hydrogens is 256 g/mol. The van der Waals surface area contributed by atoms with Crippen LogP contribution in [0.15, 0.2) is 18.2 Å². The van der Waals surface area contributed by atoms with E-state index in [0.29, 0.717) is 19.1 Å². The predicted molar refractivity (Wildman–Crippen MR) is 77.5 cm³/mol. The van der Waals surface area contributed by atoms with Gasteiger partial charge in [-0.05, 0) is 35.4 Å². The molecule has 0 saturated heterocycles. The smallest absolute Gasteiger partial charge is 0.161 e. The van der Waals surface area contributed by atoms with Crippen molar-refractivity contribution < 1.29 is 19.3 Å². The molecule has 1 aromatic rings. The maximum Gasteiger partial charge on any atom is 0.161 e. The predicted octanol–water partition coefficient (Wildman–Crippen LogP) is 2.59. The van der Waals surface area contributed by atoms with Gasteiger partial charge in [0, 0.05) is 7.11 Å². The van der Waals surface area contributed by atoms with Gasteiger partial charge in [0.05, 0.1) is 19.8 Å². The Morgan fingerprint density at radius 1 is 1.20 bits per heavy atom. The van der Waals surface area contributed by atoms with Crippen molar-refractivity contribution in [1.29, 1.82) is 0 Å². The van der Waals surface area contributed by atoms with E-state index in [0.717, 1.165) is 17.9 Å². The van der Waals surface area contributed by atoms with Crippen molar-refractivity contribution in [3.05, 3.63) is 23.8 Å². The minimum absolute atomic E-state index is 0.0799. The fraction of sp³-hybridized carbons (Fsp3) is 0.625. The Labute approximate surface area is 120 Å². The third-order valence-corrected chi connectivity index (χ3v) is 4.35. The molecule has 0 bridgehead atoms. The van der Waals surface area contributed by atoms with Crippen molar-refractivity contribution in [2.24, 2.45) is 5.41 Å². The number of hydrogen-bond acceptors (Lipinski definition) is 4. The lowest BCUT2D eigenvalue weighted by molar-refractivity contribution is -0.0626. The van der Waals surface area contributed by atoms with Crippen molar-refractivity contribution in [3.63, 3.8) is 0 Å². The molecule has 1 N–H and O–H groups in total. The average molecular weight is 280 g/mol. The lowest BCUT2D eigenvalue weighted by atomic mass is 9.58. The lowest BCUT2D eigenvalue weighted by Crippen LogP contribution is -2.47. The summed E-state index contributed by atoms with van der Waals surface area (Å²) in [7, 11) is 3.29. The van der Waals surface area contributed by atoms with Gasteiger partial charge in [-0.1, -0.05) is 19.9 Å². The van der Waals surface area contributed by atoms with E-state index < -0.39 is 0 Å². The van der Waals surface area contributed by atoms with E-state index >= 15 is 0 Å². The Bertz CT molecular complexity index is 456. The number of aliphatic hydroxyl groups excluding tert-OH is 1. The first kappa shape index (κ1) is 15.1. The summed E-state index contributed by atoms with van der Waals surface area (Å²) in [6, 6.07) is 6.01. The highest BCUT2D eigenvalue weighted by molar-refractivity contribution is 5.45. The quantitative estimate of drug-likeness (QED) is 0.814. The first-order chi connectivity index (χ1) is 9.50. The zero-order valence-electron chi connectivity index (χ0n) is 12.7. The van der Waals surface area contributed by atoms with Gasteiger partial charge >= 0.3 is 0 Å². The molecule has 0 aromatic heterocycles. The molecule has 0 heterocycles. The van der Waals surface area contributed by atoms with Crippen molar-refractivity contribution >= 4 is 0 Å². The van der Waals surface area contributed by atoms with Crippen LogP contribution < -0.4 is 9.47 Å². The molecule has 1 aliphatic rings. The summed E-state index contributed by atoms with van der Waals surface area (Å²) in [5.41, 5.74) is 1.11. The zero-order valence-corrected chi connectivity index (χ0v) is 12.7. The first-order valence-corrected chi connectivity index (χ1v) is 6.98. The van der Waals surface area contributed by atoms with Crippen LogP contribution in [0.4, 0.5) is 0 Å². The topological polar surface area (TPSA) is 47.9 Å². The molecule has 112 valence electrons. The van der Waals surface area contributed by atoms with Crippen molar-refractivity contribution in [2.45, 2.75) is 32.3 Å². The van der Waals surface area contributed by atoms with Gasteiger partial charge in [0.2, 0.25) is 0 Å². The Morgan fingerprint density at radius 2 is 1.95 bits per heavy atom. The van der Waals surface area contributed by atoms with Crippen LogP contribution in [0.3, 0.4) is 0 Å². The number of rotatable bonds is 6. The summed E-state index contributed by atoms with van der Waals surface area (Å²) in [4.78, 5) is 0. The number of ether oxygens (including phenoxy) is 3. The van der Waals surface area contributed by atoms with E-state index in [9.17, 15) is 5.11 Å². The number of methoxy groups -OCH3 is 2. The van der Waals surface area contributed by atoms with Crippen LogP contribution in [-0.2, 0) is 4.74 Å². The van der Waals surface area contributed by atoms with Gasteiger partial charge in [-0.3, -0.25) is 0 Å². The Kier molecular flexibility index (Phi) is 4.55. The first-order valence-electron chi connectivity index (χ1n) is 6.98. The van der Waals surface area contributed by atoms with Crippen molar-refractivity contribution in [1.82, 2.24) is 0 Å². The molecule has 1 aliphatic carbocycles. The fourth-order valence-corrected chi connectivity index (χ4v) is 2.72. The summed E-state index contributed by atoms with van der Waals surface area (Å²) in [5, 5.41) is 9.86. The highest BCUT2D eigenvalue weighted by Gasteiger charge is 2.47. The second kappa shape index (κ2) is 6.02. The van der Waals surface area contributed by atoms with Crippen LogP contribution in [0.2, 0.25) is 0 Å². The molecule has 0 radical (unpaired) electrons. The van der Waals surface area contributed by atoms with Crippen LogP contribution >= 0.6 is 0 Å². The molecule has 0 aliphatic heterocycles. The van der Waals surface area contributed by atoms with Crippen molar-refractivity contribution in [3.8, 4) is 11.5 Å². The van der Waals surface area contributed by atoms with Gasteiger partial charge in [0.15, 0.2) is 11.5 Å². The van der Waals surface area contributed by atoms with E-state index in [-0.39, 0.29) is 11.5 Å². The van der Waals surface area contributed by atoms with Gasteiger partial charge in [0.25, 0.3) is 0 Å². The summed E-state index contributed by atoms with van der Waals surface area (Å²) >= 11 is 0. The van der Waals surface area contributed by atoms with E-state index in [1.54, 1.807) is 14.2 Å². The SMILES string of the molecule is COCCOc1ccc(C2CC(O)C2(C)C)cc1OC. The standard InChI is InChI=1S/C16H24O4/c1-16(2)12(10-15(16)17)11-5-6-13(14(9-11)19-4)20-8-7-18-3/h5-6,9,12,15,17H,7-8,10H2,1-4H3. The summed E-state index contributed by atoms with van der Waals surface area (Å²) < 4.78 is 16.0. The number of hydrogen-bond donors (Lipinski definition) is 1. The minimum Gasteiger partial charge on any atom is -0.493 e. The second-order valence-corrected chi connectivity index (χ2v) is 5.88. The van der Waals surface area contributed by atoms with E-state index in [1.807, 2.05) is 12.1 Å². The third kappa shape index (κ3) is 2.76. The summed E-state index contributed by atoms with van der Waals surface area (Å²) in [6.45, 7) is 5.25. The molecule has 1 aromatic carbocycles. The van der Waals surface area contributed by atoms with Gasteiger partial charge in [-0.15, -0.1) is 0 Å². The van der Waals surface area contributed by atoms with Gasteiger partial charge in [-0.25, -0.2) is 0 Å². The molecule has 1 fully saturated rings. The van der Waals surface area contributed by atoms with Crippen LogP contribution in [-0.4, -0.2) is 38.6 Å². The van der Waals surface area contributed by atoms with E-state index in [4.69, 9.17) is 14.2 Å². The van der Waals surface area contributed by atoms with Gasteiger partial charge < -0.3 is 19.3 Å². The molecule has 2 unspecified atom stereocenters. The number of benzene rings is 1. The molecular formula is C16H24O4. The van der Waals surface area contributed by atoms with Crippen LogP contribution in [0.5, 0.6) is 11.5 Å². The lowest BCUT2D eigenvalue weighted by Gasteiger charge is -2.49. The van der Waals surface area contributed by atoms with Crippen LogP contribution in [0.1, 0.15) is 31.7 Å². The molecule has 0 amide bonds. The molecule has 0 spiro atoms. The molecule has 20 heavy (non-hydrogen) atoms. The molecule has 4 heteroatoms. The Morgan fingerprint density at radius 3 is 2.50 bits per heavy atom. The molecule has 4 nitrogen and oxygen atoms in total. The molecule has 2 rings (SSSR count). The maximum atomic E-state index is 9.86. The summed E-state index contributed by atoms with van der Waals surface area (Å²) in [6.07, 6.45) is 0.580. The fourth-order valence-electron chi connectivity index (χ4n) is 2.72. The largest absolute Gasteiger partial charge is 0.493 e. The van der Waals surface area contributed by atoms with Gasteiger partial charge in [-0.2, -0.15) is 0 Å². The second-order valence-electron chi connectivity index (χ2n) is 5.88. The van der Waals surface area contributed by atoms with E-state index in [2.05, 4.69) is 19.9 Å².